The van der Waals surface area contributed by atoms with Crippen molar-refractivity contribution in [3.05, 3.63) is 106 Å². The molecule has 0 aliphatic carbocycles. The Hall–Kier alpha value is -3.82. The van der Waals surface area contributed by atoms with E-state index in [9.17, 15) is 14.9 Å². The van der Waals surface area contributed by atoms with Crippen LogP contribution >= 0.6 is 11.8 Å². The van der Waals surface area contributed by atoms with Crippen molar-refractivity contribution in [3.8, 4) is 6.07 Å². The smallest absolute Gasteiger partial charge is 0.269 e. The lowest BCUT2D eigenvalue weighted by Gasteiger charge is -2.19. The molecule has 2 amide bonds. The molecule has 5 nitrogen and oxygen atoms in total. The maximum atomic E-state index is 13.6. The number of rotatable bonds is 5. The Labute approximate surface area is 204 Å². The zero-order valence-corrected chi connectivity index (χ0v) is 20.1. The number of carbonyl (C=O) groups is 2. The zero-order valence-electron chi connectivity index (χ0n) is 19.3. The molecule has 0 saturated carbocycles. The molecule has 4 rings (SSSR count). The molecule has 3 aromatic rings. The maximum absolute atomic E-state index is 13.6. The fourth-order valence-corrected chi connectivity index (χ4v) is 5.11. The quantitative estimate of drug-likeness (QED) is 0.387. The molecule has 0 aromatic heterocycles. The molecule has 1 N–H and O–H groups in total. The zero-order chi connectivity index (χ0) is 24.2. The van der Waals surface area contributed by atoms with Crippen molar-refractivity contribution in [3.63, 3.8) is 0 Å². The summed E-state index contributed by atoms with van der Waals surface area (Å²) in [5.74, 6) is -0.670. The number of amides is 2. The van der Waals surface area contributed by atoms with Crippen LogP contribution in [-0.2, 0) is 16.0 Å². The second kappa shape index (κ2) is 9.98. The Morgan fingerprint density at radius 2 is 1.62 bits per heavy atom. The van der Waals surface area contributed by atoms with Crippen molar-refractivity contribution in [1.82, 2.24) is 0 Å². The molecule has 6 heteroatoms. The third-order valence-electron chi connectivity index (χ3n) is 5.61. The number of hydrogen-bond acceptors (Lipinski definition) is 4. The number of anilines is 2. The maximum Gasteiger partial charge on any atom is 0.269 e. The van der Waals surface area contributed by atoms with Crippen LogP contribution < -0.4 is 10.2 Å². The standard InChI is InChI=1S/C28H25N3O2S/c1-18-7-11-22(12-8-18)30-26(32)24(17-29)28-31(23-13-9-19(2)10-14-23)27(33)25(34-28)16-21-6-4-5-20(3)15-21/h4-15,25H,16H2,1-3H3,(H,30,32)/b28-24-/t25-/m0/s1. The van der Waals surface area contributed by atoms with Crippen LogP contribution in [-0.4, -0.2) is 17.1 Å². The fourth-order valence-electron chi connectivity index (χ4n) is 3.80. The lowest BCUT2D eigenvalue weighted by atomic mass is 10.1. The highest BCUT2D eigenvalue weighted by atomic mass is 32.2. The van der Waals surface area contributed by atoms with Gasteiger partial charge in [-0.05, 0) is 57.0 Å². The molecule has 0 bridgehead atoms. The van der Waals surface area contributed by atoms with Gasteiger partial charge in [-0.2, -0.15) is 5.26 Å². The van der Waals surface area contributed by atoms with Crippen LogP contribution in [0.1, 0.15) is 22.3 Å². The second-order valence-corrected chi connectivity index (χ2v) is 9.61. The molecule has 0 spiro atoms. The summed E-state index contributed by atoms with van der Waals surface area (Å²) in [6.07, 6.45) is 0.509. The number of nitriles is 1. The molecule has 3 aromatic carbocycles. The van der Waals surface area contributed by atoms with Gasteiger partial charge in [0.15, 0.2) is 0 Å². The van der Waals surface area contributed by atoms with E-state index in [0.717, 1.165) is 22.3 Å². The summed E-state index contributed by atoms with van der Waals surface area (Å²) < 4.78 is 0. The highest BCUT2D eigenvalue weighted by molar-refractivity contribution is 8.05. The molecular weight excluding hydrogens is 442 g/mol. The summed E-state index contributed by atoms with van der Waals surface area (Å²) in [7, 11) is 0. The summed E-state index contributed by atoms with van der Waals surface area (Å²) in [6, 6.07) is 25.0. The van der Waals surface area contributed by atoms with Gasteiger partial charge in [0.1, 0.15) is 16.7 Å². The molecule has 34 heavy (non-hydrogen) atoms. The van der Waals surface area contributed by atoms with Gasteiger partial charge in [-0.15, -0.1) is 0 Å². The van der Waals surface area contributed by atoms with E-state index in [1.165, 1.54) is 16.7 Å². The number of nitrogens with zero attached hydrogens (tertiary/aromatic N) is 2. The van der Waals surface area contributed by atoms with E-state index in [1.807, 2.05) is 75.4 Å². The van der Waals surface area contributed by atoms with Gasteiger partial charge in [-0.1, -0.05) is 77.0 Å². The molecule has 0 unspecified atom stereocenters. The molecule has 1 atom stereocenters. The van der Waals surface area contributed by atoms with Gasteiger partial charge in [0.05, 0.1) is 5.25 Å². The predicted molar refractivity (Wildman–Crippen MR) is 137 cm³/mol. The highest BCUT2D eigenvalue weighted by Gasteiger charge is 2.40. The fraction of sp³-hybridized carbons (Fsp3) is 0.179. The molecule has 0 radical (unpaired) electrons. The van der Waals surface area contributed by atoms with E-state index in [2.05, 4.69) is 17.5 Å². The van der Waals surface area contributed by atoms with E-state index < -0.39 is 11.2 Å². The Bertz CT molecular complexity index is 1300. The monoisotopic (exact) mass is 467 g/mol. The van der Waals surface area contributed by atoms with Crippen LogP contribution in [0, 0.1) is 32.1 Å². The normalized spacial score (nSPS) is 16.8. The summed E-state index contributed by atoms with van der Waals surface area (Å²) in [5, 5.41) is 12.7. The summed E-state index contributed by atoms with van der Waals surface area (Å²) in [5.41, 5.74) is 5.44. The molecule has 1 aliphatic heterocycles. The first-order chi connectivity index (χ1) is 16.4. The lowest BCUT2D eigenvalue weighted by molar-refractivity contribution is -0.117. The van der Waals surface area contributed by atoms with Gasteiger partial charge in [0.25, 0.3) is 5.91 Å². The van der Waals surface area contributed by atoms with E-state index in [0.29, 0.717) is 22.8 Å². The molecule has 1 saturated heterocycles. The number of carbonyl (C=O) groups excluding carboxylic acids is 2. The largest absolute Gasteiger partial charge is 0.321 e. The first kappa shape index (κ1) is 23.3. The van der Waals surface area contributed by atoms with Crippen molar-refractivity contribution in [2.75, 3.05) is 10.2 Å². The van der Waals surface area contributed by atoms with Gasteiger partial charge in [-0.3, -0.25) is 14.5 Å². The molecule has 1 aliphatic rings. The van der Waals surface area contributed by atoms with E-state index in [1.54, 1.807) is 12.1 Å². The molecule has 170 valence electrons. The predicted octanol–water partition coefficient (Wildman–Crippen LogP) is 5.68. The van der Waals surface area contributed by atoms with Crippen molar-refractivity contribution < 1.29 is 9.59 Å². The van der Waals surface area contributed by atoms with Crippen LogP contribution in [0.25, 0.3) is 0 Å². The topological polar surface area (TPSA) is 73.2 Å². The minimum atomic E-state index is -0.532. The lowest BCUT2D eigenvalue weighted by Crippen LogP contribution is -2.30. The minimum Gasteiger partial charge on any atom is -0.321 e. The van der Waals surface area contributed by atoms with E-state index in [-0.39, 0.29) is 11.5 Å². The van der Waals surface area contributed by atoms with Crippen LogP contribution in [0.2, 0.25) is 0 Å². The number of nitrogens with one attached hydrogen (secondary N) is 1. The Morgan fingerprint density at radius 3 is 2.24 bits per heavy atom. The van der Waals surface area contributed by atoms with Crippen molar-refractivity contribution in [2.24, 2.45) is 0 Å². The average molecular weight is 468 g/mol. The molecular formula is C28H25N3O2S. The Kier molecular flexibility index (Phi) is 6.85. The van der Waals surface area contributed by atoms with Gasteiger partial charge in [-0.25, -0.2) is 0 Å². The number of thioether (sulfide) groups is 1. The first-order valence-electron chi connectivity index (χ1n) is 11.0. The summed E-state index contributed by atoms with van der Waals surface area (Å²) in [6.45, 7) is 5.94. The third kappa shape index (κ3) is 5.05. The van der Waals surface area contributed by atoms with Gasteiger partial charge in [0.2, 0.25) is 5.91 Å². The summed E-state index contributed by atoms with van der Waals surface area (Å²) in [4.78, 5) is 28.2. The van der Waals surface area contributed by atoms with Crippen LogP contribution in [0.5, 0.6) is 0 Å². The van der Waals surface area contributed by atoms with Gasteiger partial charge >= 0.3 is 0 Å². The number of benzene rings is 3. The van der Waals surface area contributed by atoms with Gasteiger partial charge in [0, 0.05) is 11.4 Å². The van der Waals surface area contributed by atoms with E-state index >= 15 is 0 Å². The van der Waals surface area contributed by atoms with Crippen molar-refractivity contribution in [2.45, 2.75) is 32.4 Å². The third-order valence-corrected chi connectivity index (χ3v) is 6.87. The number of aryl methyl sites for hydroxylation is 3. The summed E-state index contributed by atoms with van der Waals surface area (Å²) >= 11 is 1.27. The SMILES string of the molecule is Cc1ccc(NC(=O)/C(C#N)=C2\S[C@@H](Cc3cccc(C)c3)C(=O)N2c2ccc(C)cc2)cc1. The molecule has 1 heterocycles. The van der Waals surface area contributed by atoms with Crippen LogP contribution in [0.3, 0.4) is 0 Å². The Balaban J connectivity index is 1.72. The molecule has 1 fully saturated rings. The van der Waals surface area contributed by atoms with Crippen LogP contribution in [0.15, 0.2) is 83.4 Å². The van der Waals surface area contributed by atoms with Crippen molar-refractivity contribution >= 4 is 35.0 Å². The number of hydrogen-bond donors (Lipinski definition) is 1. The highest BCUT2D eigenvalue weighted by Crippen LogP contribution is 2.42. The second-order valence-electron chi connectivity index (χ2n) is 8.42. The first-order valence-corrected chi connectivity index (χ1v) is 11.9. The van der Waals surface area contributed by atoms with E-state index in [4.69, 9.17) is 0 Å². The average Bonchev–Trinajstić information content (AvgIpc) is 3.12. The van der Waals surface area contributed by atoms with Crippen LogP contribution in [0.4, 0.5) is 11.4 Å². The minimum absolute atomic E-state index is 0.0776. The van der Waals surface area contributed by atoms with Crippen molar-refractivity contribution in [1.29, 1.82) is 5.26 Å². The van der Waals surface area contributed by atoms with Gasteiger partial charge < -0.3 is 5.32 Å². The Morgan fingerprint density at radius 1 is 0.971 bits per heavy atom.